The van der Waals surface area contributed by atoms with Crippen LogP contribution >= 0.6 is 0 Å². The van der Waals surface area contributed by atoms with Crippen molar-refractivity contribution in [1.82, 2.24) is 9.97 Å². The quantitative estimate of drug-likeness (QED) is 0.330. The van der Waals surface area contributed by atoms with E-state index >= 15 is 0 Å². The van der Waals surface area contributed by atoms with Gasteiger partial charge in [-0.1, -0.05) is 39.5 Å². The highest BCUT2D eigenvalue weighted by atomic mass is 16.7. The molecule has 0 amide bonds. The van der Waals surface area contributed by atoms with E-state index in [1.54, 1.807) is 12.1 Å². The summed E-state index contributed by atoms with van der Waals surface area (Å²) in [6.45, 7) is 4.68. The summed E-state index contributed by atoms with van der Waals surface area (Å²) in [5.74, 6) is 1.96. The van der Waals surface area contributed by atoms with Crippen LogP contribution in [0.3, 0.4) is 0 Å². The van der Waals surface area contributed by atoms with Gasteiger partial charge in [0.2, 0.25) is 0 Å². The Morgan fingerprint density at radius 1 is 1.14 bits per heavy atom. The fraction of sp³-hybridized carbons (Fsp3) is 0.522. The fourth-order valence-corrected chi connectivity index (χ4v) is 3.56. The zero-order valence-corrected chi connectivity index (χ0v) is 16.9. The lowest BCUT2D eigenvalue weighted by molar-refractivity contribution is 0.0978. The van der Waals surface area contributed by atoms with E-state index in [-0.39, 0.29) is 0 Å². The Labute approximate surface area is 167 Å². The number of hydrogen-bond donors (Lipinski definition) is 0. The molecule has 1 heterocycles. The van der Waals surface area contributed by atoms with Crippen molar-refractivity contribution < 1.29 is 14.3 Å². The van der Waals surface area contributed by atoms with Crippen LogP contribution in [0, 0.1) is 5.92 Å². The van der Waals surface area contributed by atoms with E-state index in [9.17, 15) is 4.79 Å². The predicted molar refractivity (Wildman–Crippen MR) is 109 cm³/mol. The first-order chi connectivity index (χ1) is 13.7. The summed E-state index contributed by atoms with van der Waals surface area (Å²) in [5.41, 5.74) is 3.39. The molecule has 0 fully saturated rings. The van der Waals surface area contributed by atoms with Crippen LogP contribution < -0.4 is 4.74 Å². The number of carbonyl (C=O) groups excluding carboxylic acids is 1. The maximum Gasteiger partial charge on any atom is 0.513 e. The van der Waals surface area contributed by atoms with Crippen molar-refractivity contribution in [3.8, 4) is 17.1 Å². The summed E-state index contributed by atoms with van der Waals surface area (Å²) in [5, 5.41) is 0. The average Bonchev–Trinajstić information content (AvgIpc) is 2.72. The monoisotopic (exact) mass is 382 g/mol. The zero-order valence-electron chi connectivity index (χ0n) is 16.9. The van der Waals surface area contributed by atoms with Gasteiger partial charge in [0.05, 0.1) is 6.61 Å². The molecule has 5 nitrogen and oxygen atoms in total. The Kier molecular flexibility index (Phi) is 7.40. The van der Waals surface area contributed by atoms with Crippen LogP contribution in [0.2, 0.25) is 0 Å². The first-order valence-corrected chi connectivity index (χ1v) is 10.5. The van der Waals surface area contributed by atoms with Crippen molar-refractivity contribution in [2.45, 2.75) is 65.2 Å². The topological polar surface area (TPSA) is 61.3 Å². The van der Waals surface area contributed by atoms with E-state index in [0.717, 1.165) is 43.0 Å². The van der Waals surface area contributed by atoms with Crippen LogP contribution in [0.5, 0.6) is 5.75 Å². The number of unbranched alkanes of at least 4 members (excludes halogenated alkanes) is 2. The number of carbonyl (C=O) groups is 1. The molecule has 0 bridgehead atoms. The largest absolute Gasteiger partial charge is 0.513 e. The summed E-state index contributed by atoms with van der Waals surface area (Å²) < 4.78 is 10.2. The minimum Gasteiger partial charge on any atom is -0.434 e. The first kappa shape index (κ1) is 20.3. The number of nitrogens with zero attached hydrogens (tertiary/aromatic N) is 2. The van der Waals surface area contributed by atoms with E-state index in [2.05, 4.69) is 11.9 Å². The minimum atomic E-state index is -0.663. The highest BCUT2D eigenvalue weighted by Crippen LogP contribution is 2.29. The lowest BCUT2D eigenvalue weighted by Crippen LogP contribution is -2.16. The molecule has 0 aliphatic heterocycles. The zero-order chi connectivity index (χ0) is 19.8. The van der Waals surface area contributed by atoms with Crippen molar-refractivity contribution in [3.63, 3.8) is 0 Å². The van der Waals surface area contributed by atoms with Crippen LogP contribution in [-0.4, -0.2) is 22.7 Å². The molecular weight excluding hydrogens is 352 g/mol. The van der Waals surface area contributed by atoms with E-state index in [1.807, 2.05) is 25.3 Å². The van der Waals surface area contributed by atoms with Gasteiger partial charge in [-0.25, -0.2) is 14.8 Å². The minimum absolute atomic E-state index is 0.385. The maximum absolute atomic E-state index is 11.6. The molecule has 1 atom stereocenters. The van der Waals surface area contributed by atoms with E-state index in [1.165, 1.54) is 36.9 Å². The molecular formula is C23H30N2O3. The lowest BCUT2D eigenvalue weighted by atomic mass is 9.84. The molecule has 1 aliphatic rings. The third-order valence-electron chi connectivity index (χ3n) is 5.25. The second-order valence-corrected chi connectivity index (χ2v) is 7.50. The molecule has 1 aromatic carbocycles. The Morgan fingerprint density at radius 3 is 2.68 bits per heavy atom. The number of fused-ring (bicyclic) bond motifs is 1. The molecule has 0 saturated carbocycles. The number of ether oxygens (including phenoxy) is 2. The van der Waals surface area contributed by atoms with Crippen LogP contribution in [0.15, 0.2) is 30.5 Å². The number of aromatic nitrogens is 2. The summed E-state index contributed by atoms with van der Waals surface area (Å²) in [4.78, 5) is 21.0. The van der Waals surface area contributed by atoms with Gasteiger partial charge in [0.1, 0.15) is 5.75 Å². The third kappa shape index (κ3) is 5.54. The van der Waals surface area contributed by atoms with Crippen LogP contribution in [0.25, 0.3) is 11.4 Å². The van der Waals surface area contributed by atoms with E-state index in [4.69, 9.17) is 14.5 Å². The number of rotatable bonds is 8. The standard InChI is InChI=1S/C23H30N2O3/c1-3-5-7-17-8-13-21-19(15-17)16-24-22(25-21)18-9-11-20(12-10-18)28-23(26)27-14-6-4-2/h9-12,16-17H,3-8,13-15H2,1-2H3. The smallest absolute Gasteiger partial charge is 0.434 e. The van der Waals surface area contributed by atoms with E-state index in [0.29, 0.717) is 12.4 Å². The van der Waals surface area contributed by atoms with Crippen LogP contribution in [0.4, 0.5) is 4.79 Å². The molecule has 28 heavy (non-hydrogen) atoms. The second-order valence-electron chi connectivity index (χ2n) is 7.50. The molecule has 0 radical (unpaired) electrons. The van der Waals surface area contributed by atoms with Crippen molar-refractivity contribution in [3.05, 3.63) is 41.7 Å². The normalized spacial score (nSPS) is 15.7. The number of aryl methyl sites for hydroxylation is 1. The molecule has 150 valence electrons. The van der Waals surface area contributed by atoms with Crippen LogP contribution in [0.1, 0.15) is 63.6 Å². The summed E-state index contributed by atoms with van der Waals surface area (Å²) in [6.07, 6.45) is 10.4. The summed E-state index contributed by atoms with van der Waals surface area (Å²) in [6, 6.07) is 7.26. The van der Waals surface area contributed by atoms with Gasteiger partial charge in [-0.05, 0) is 61.4 Å². The van der Waals surface area contributed by atoms with Gasteiger partial charge < -0.3 is 9.47 Å². The lowest BCUT2D eigenvalue weighted by Gasteiger charge is -2.23. The molecule has 0 N–H and O–H groups in total. The number of hydrogen-bond acceptors (Lipinski definition) is 5. The van der Waals surface area contributed by atoms with Crippen molar-refractivity contribution in [2.75, 3.05) is 6.61 Å². The first-order valence-electron chi connectivity index (χ1n) is 10.5. The Morgan fingerprint density at radius 2 is 1.93 bits per heavy atom. The van der Waals surface area contributed by atoms with E-state index < -0.39 is 6.16 Å². The average molecular weight is 383 g/mol. The molecule has 0 saturated heterocycles. The fourth-order valence-electron chi connectivity index (χ4n) is 3.56. The van der Waals surface area contributed by atoms with Gasteiger partial charge in [0, 0.05) is 17.5 Å². The summed E-state index contributed by atoms with van der Waals surface area (Å²) in [7, 11) is 0. The van der Waals surface area contributed by atoms with Gasteiger partial charge in [0.25, 0.3) is 0 Å². The number of benzene rings is 1. The molecule has 3 rings (SSSR count). The van der Waals surface area contributed by atoms with Gasteiger partial charge in [-0.2, -0.15) is 0 Å². The highest BCUT2D eigenvalue weighted by Gasteiger charge is 2.20. The molecule has 0 spiro atoms. The van der Waals surface area contributed by atoms with Crippen molar-refractivity contribution in [1.29, 1.82) is 0 Å². The molecule has 5 heteroatoms. The van der Waals surface area contributed by atoms with Gasteiger partial charge in [-0.3, -0.25) is 0 Å². The van der Waals surface area contributed by atoms with Gasteiger partial charge in [-0.15, -0.1) is 0 Å². The Bertz CT molecular complexity index is 774. The third-order valence-corrected chi connectivity index (χ3v) is 5.25. The molecule has 2 aromatic rings. The highest BCUT2D eigenvalue weighted by molar-refractivity contribution is 5.65. The SMILES string of the molecule is CCCCOC(=O)Oc1ccc(-c2ncc3c(n2)CCC(CCCC)C3)cc1. The second kappa shape index (κ2) is 10.2. The molecule has 1 aliphatic carbocycles. The Hall–Kier alpha value is -2.43. The molecule has 1 unspecified atom stereocenters. The predicted octanol–water partition coefficient (Wildman–Crippen LogP) is 5.75. The Balaban J connectivity index is 1.61. The van der Waals surface area contributed by atoms with Crippen LogP contribution in [-0.2, 0) is 17.6 Å². The summed E-state index contributed by atoms with van der Waals surface area (Å²) >= 11 is 0. The van der Waals surface area contributed by atoms with Gasteiger partial charge in [0.15, 0.2) is 5.82 Å². The molecule has 1 aromatic heterocycles. The van der Waals surface area contributed by atoms with Crippen molar-refractivity contribution in [2.24, 2.45) is 5.92 Å². The maximum atomic E-state index is 11.6. The van der Waals surface area contributed by atoms with Crippen molar-refractivity contribution >= 4 is 6.16 Å². The van der Waals surface area contributed by atoms with Gasteiger partial charge >= 0.3 is 6.16 Å².